The summed E-state index contributed by atoms with van der Waals surface area (Å²) in [6, 6.07) is 0. The van der Waals surface area contributed by atoms with Crippen LogP contribution in [-0.2, 0) is 22.8 Å². The summed E-state index contributed by atoms with van der Waals surface area (Å²) in [5, 5.41) is 10.7. The Labute approximate surface area is 317 Å². The van der Waals surface area contributed by atoms with E-state index in [1.807, 2.05) is 0 Å². The number of hydrogen-bond acceptors (Lipinski definition) is 6. The van der Waals surface area contributed by atoms with Gasteiger partial charge in [0, 0.05) is 0 Å². The van der Waals surface area contributed by atoms with E-state index in [1.165, 1.54) is 57.8 Å². The van der Waals surface area contributed by atoms with Crippen LogP contribution >= 0.6 is 0 Å². The van der Waals surface area contributed by atoms with Gasteiger partial charge in [-0.05, 0) is 157 Å². The molecule has 0 spiro atoms. The van der Waals surface area contributed by atoms with Crippen LogP contribution in [-0.4, -0.2) is 73.5 Å². The van der Waals surface area contributed by atoms with Crippen LogP contribution in [0, 0.1) is 46.3 Å². The fraction of sp³-hybridized carbons (Fsp3) is 0.952. The smallest absolute Gasteiger partial charge is 0.185 e. The normalized spacial score (nSPS) is 41.1. The number of fused-ring (bicyclic) bond motifs is 5. The molecule has 3 saturated carbocycles. The van der Waals surface area contributed by atoms with Crippen molar-refractivity contribution in [1.29, 1.82) is 0 Å². The molecule has 0 aromatic heterocycles. The van der Waals surface area contributed by atoms with Gasteiger partial charge >= 0.3 is 0 Å². The van der Waals surface area contributed by atoms with E-state index in [4.69, 9.17) is 22.8 Å². The molecule has 5 aliphatic rings. The van der Waals surface area contributed by atoms with Crippen molar-refractivity contribution in [1.82, 2.24) is 0 Å². The molecule has 1 heterocycles. The Morgan fingerprint density at radius 3 is 2.02 bits per heavy atom. The maximum Gasteiger partial charge on any atom is 0.185 e. The molecule has 0 amide bonds. The average molecular weight is 765 g/mol. The Bertz CT molecular complexity index is 1190. The van der Waals surface area contributed by atoms with Crippen molar-refractivity contribution in [2.45, 2.75) is 201 Å². The van der Waals surface area contributed by atoms with Gasteiger partial charge < -0.3 is 27.9 Å². The van der Waals surface area contributed by atoms with Gasteiger partial charge in [0.2, 0.25) is 0 Å². The predicted octanol–water partition coefficient (Wildman–Crippen LogP) is 10.8. The molecule has 296 valence electrons. The predicted molar refractivity (Wildman–Crippen MR) is 218 cm³/mol. The van der Waals surface area contributed by atoms with Crippen LogP contribution < -0.4 is 0 Å². The quantitative estimate of drug-likeness (QED) is 0.140. The van der Waals surface area contributed by atoms with Gasteiger partial charge in [-0.15, -0.1) is 0 Å². The molecule has 1 aliphatic heterocycles. The van der Waals surface area contributed by atoms with Crippen molar-refractivity contribution < 1.29 is 27.9 Å². The third-order valence-corrected chi connectivity index (χ3v) is 16.8. The van der Waals surface area contributed by atoms with E-state index in [0.717, 1.165) is 48.3 Å². The summed E-state index contributed by atoms with van der Waals surface area (Å²) >= 11 is 0. The van der Waals surface area contributed by atoms with E-state index in [-0.39, 0.29) is 24.2 Å². The van der Waals surface area contributed by atoms with Gasteiger partial charge in [-0.3, -0.25) is 0 Å². The van der Waals surface area contributed by atoms with Crippen LogP contribution in [0.25, 0.3) is 0 Å². The molecule has 6 nitrogen and oxygen atoms in total. The zero-order chi connectivity index (χ0) is 37.7. The maximum absolute atomic E-state index is 10.7. The van der Waals surface area contributed by atoms with Gasteiger partial charge in [0.15, 0.2) is 31.2 Å². The summed E-state index contributed by atoms with van der Waals surface area (Å²) < 4.78 is 34.4. The van der Waals surface area contributed by atoms with Gasteiger partial charge in [0.1, 0.15) is 24.4 Å². The molecule has 4 fully saturated rings. The van der Waals surface area contributed by atoms with E-state index in [2.05, 4.69) is 99.6 Å². The summed E-state index contributed by atoms with van der Waals surface area (Å²) in [5.74, 6) is 5.05. The highest BCUT2D eigenvalue weighted by atomic mass is 28.4. The van der Waals surface area contributed by atoms with E-state index in [1.54, 1.807) is 5.57 Å². The molecule has 9 heteroatoms. The van der Waals surface area contributed by atoms with Crippen LogP contribution in [0.4, 0.5) is 0 Å². The van der Waals surface area contributed by atoms with Crippen LogP contribution in [0.5, 0.6) is 0 Å². The maximum atomic E-state index is 10.7. The van der Waals surface area contributed by atoms with Crippen LogP contribution in [0.3, 0.4) is 0 Å². The summed E-state index contributed by atoms with van der Waals surface area (Å²) in [5.41, 5.74) is 2.41. The zero-order valence-corrected chi connectivity index (χ0v) is 38.5. The van der Waals surface area contributed by atoms with Crippen LogP contribution in [0.1, 0.15) is 105 Å². The molecule has 13 atom stereocenters. The fourth-order valence-electron chi connectivity index (χ4n) is 11.7. The second-order valence-electron chi connectivity index (χ2n) is 21.6. The van der Waals surface area contributed by atoms with E-state index < -0.39 is 49.6 Å². The average Bonchev–Trinajstić information content (AvgIpc) is 3.35. The van der Waals surface area contributed by atoms with Crippen molar-refractivity contribution in [2.75, 3.05) is 6.61 Å². The third kappa shape index (κ3) is 9.76. The summed E-state index contributed by atoms with van der Waals surface area (Å²) in [7, 11) is -6.05. The molecule has 5 rings (SSSR count). The molecule has 0 radical (unpaired) electrons. The zero-order valence-electron chi connectivity index (χ0n) is 35.5. The first-order valence-electron chi connectivity index (χ1n) is 21.2. The second-order valence-corrected chi connectivity index (χ2v) is 35.0. The highest BCUT2D eigenvalue weighted by Gasteiger charge is 2.60. The summed E-state index contributed by atoms with van der Waals surface area (Å²) in [6.07, 6.45) is 14.8. The molecule has 13 unspecified atom stereocenters. The Morgan fingerprint density at radius 2 is 1.41 bits per heavy atom. The molecule has 0 aromatic carbocycles. The first-order valence-corrected chi connectivity index (χ1v) is 31.4. The largest absolute Gasteiger partial charge is 0.409 e. The SMILES string of the molecule is CC(C)CCCC(C)C1CCC2C3CC=C4CC(OC5OC(CO)C(O[Si](C)(C)C)C(O[Si](C)(C)C)C5O[Si](C)(C)C)CCC4(C)C3CCC12C. The van der Waals surface area contributed by atoms with Crippen molar-refractivity contribution in [3.8, 4) is 0 Å². The summed E-state index contributed by atoms with van der Waals surface area (Å²) in [4.78, 5) is 0. The minimum atomic E-state index is -2.03. The van der Waals surface area contributed by atoms with Gasteiger partial charge in [-0.1, -0.05) is 65.5 Å². The van der Waals surface area contributed by atoms with Crippen molar-refractivity contribution in [3.05, 3.63) is 11.6 Å². The van der Waals surface area contributed by atoms with Crippen LogP contribution in [0.15, 0.2) is 11.6 Å². The minimum Gasteiger partial charge on any atom is -0.409 e. The fourth-order valence-corrected chi connectivity index (χ4v) is 15.0. The number of allylic oxidation sites excluding steroid dienone is 1. The van der Waals surface area contributed by atoms with E-state index >= 15 is 0 Å². The van der Waals surface area contributed by atoms with Crippen molar-refractivity contribution in [3.63, 3.8) is 0 Å². The Balaban J connectivity index is 1.33. The Kier molecular flexibility index (Phi) is 13.2. The Morgan fingerprint density at radius 1 is 0.784 bits per heavy atom. The van der Waals surface area contributed by atoms with Gasteiger partial charge in [-0.2, -0.15) is 0 Å². The van der Waals surface area contributed by atoms with Gasteiger partial charge in [0.05, 0.1) is 12.7 Å². The topological polar surface area (TPSA) is 66.4 Å². The monoisotopic (exact) mass is 765 g/mol. The number of rotatable bonds is 14. The highest BCUT2D eigenvalue weighted by Crippen LogP contribution is 2.67. The number of ether oxygens (including phenoxy) is 2. The molecule has 51 heavy (non-hydrogen) atoms. The van der Waals surface area contributed by atoms with E-state index in [0.29, 0.717) is 5.41 Å². The molecule has 1 N–H and O–H groups in total. The second kappa shape index (κ2) is 16.0. The number of aliphatic hydroxyl groups excluding tert-OH is 1. The van der Waals surface area contributed by atoms with Gasteiger partial charge in [0.25, 0.3) is 0 Å². The Hall–Kier alpha value is 0.151. The van der Waals surface area contributed by atoms with Gasteiger partial charge in [-0.25, -0.2) is 0 Å². The first-order chi connectivity index (χ1) is 23.5. The third-order valence-electron chi connectivity index (χ3n) is 13.8. The van der Waals surface area contributed by atoms with E-state index in [9.17, 15) is 5.11 Å². The molecular weight excluding hydrogens is 685 g/mol. The van der Waals surface area contributed by atoms with Crippen LogP contribution in [0.2, 0.25) is 58.9 Å². The minimum absolute atomic E-state index is 0.0661. The lowest BCUT2D eigenvalue weighted by molar-refractivity contribution is -0.304. The number of hydrogen-bond donors (Lipinski definition) is 1. The first kappa shape index (κ1) is 42.3. The molecule has 1 saturated heterocycles. The standard InChI is InChI=1S/C42H80O6Si3/c1-28(2)16-15-17-29(3)33-20-21-34-32-19-18-30-26-31(22-24-41(30,4)35(32)23-25-42(33,34)5)44-40-39(48-51(12,13)14)38(47-50(9,10)11)37(36(27-43)45-40)46-49(6,7)8/h18,28-29,31-40,43H,15-17,19-27H2,1-14H3. The summed E-state index contributed by atoms with van der Waals surface area (Å²) in [6.45, 7) is 32.5. The highest BCUT2D eigenvalue weighted by molar-refractivity contribution is 6.70. The van der Waals surface area contributed by atoms with Crippen molar-refractivity contribution >= 4 is 25.0 Å². The number of aliphatic hydroxyl groups is 1. The molecule has 4 aliphatic carbocycles. The lowest BCUT2D eigenvalue weighted by atomic mass is 9.47. The lowest BCUT2D eigenvalue weighted by Crippen LogP contribution is -2.66. The molecule has 0 aromatic rings. The molecule has 0 bridgehead atoms. The lowest BCUT2D eigenvalue weighted by Gasteiger charge is -2.59. The molecular formula is C42H80O6Si3. The van der Waals surface area contributed by atoms with Crippen molar-refractivity contribution in [2.24, 2.45) is 46.3 Å².